The Morgan fingerprint density at radius 1 is 1.11 bits per heavy atom. The first kappa shape index (κ1) is 22.8. The van der Waals surface area contributed by atoms with Crippen LogP contribution in [0.5, 0.6) is 0 Å². The molecule has 6 rings (SSSR count). The fourth-order valence-corrected chi connectivity index (χ4v) is 6.39. The fraction of sp³-hybridized carbons (Fsp3) is 0.583. The highest BCUT2D eigenvalue weighted by atomic mass is 32.2. The number of benzene rings is 1. The number of sulfonamides is 1. The van der Waals surface area contributed by atoms with Crippen LogP contribution in [0.4, 0.5) is 5.69 Å². The molecule has 3 aliphatic rings. The molecule has 0 spiro atoms. The Hall–Kier alpha value is -2.63. The maximum atomic E-state index is 13.5. The summed E-state index contributed by atoms with van der Waals surface area (Å²) in [5.41, 5.74) is 1.55. The highest BCUT2D eigenvalue weighted by Crippen LogP contribution is 2.41. The summed E-state index contributed by atoms with van der Waals surface area (Å²) >= 11 is 0. The third kappa shape index (κ3) is 4.41. The van der Waals surface area contributed by atoms with Gasteiger partial charge in [-0.15, -0.1) is 10.2 Å². The van der Waals surface area contributed by atoms with Gasteiger partial charge in [-0.2, -0.15) is 0 Å². The predicted octanol–water partition coefficient (Wildman–Crippen LogP) is 2.88. The predicted molar refractivity (Wildman–Crippen MR) is 132 cm³/mol. The maximum absolute atomic E-state index is 13.5. The Labute approximate surface area is 205 Å². The molecule has 186 valence electrons. The Bertz CT molecular complexity index is 1400. The van der Waals surface area contributed by atoms with Gasteiger partial charge in [-0.3, -0.25) is 0 Å². The van der Waals surface area contributed by atoms with Gasteiger partial charge in [-0.05, 0) is 65.5 Å². The lowest BCUT2D eigenvalue weighted by molar-refractivity contribution is 0.407. The van der Waals surface area contributed by atoms with E-state index in [1.54, 1.807) is 12.1 Å². The number of rotatable bonds is 6. The number of nitrogens with one attached hydrogen (secondary N) is 2. The minimum absolute atomic E-state index is 0.197. The largest absolute Gasteiger partial charge is 0.419 e. The van der Waals surface area contributed by atoms with Crippen molar-refractivity contribution in [2.24, 2.45) is 0 Å². The topological polar surface area (TPSA) is 126 Å². The molecule has 1 aromatic carbocycles. The van der Waals surface area contributed by atoms with Gasteiger partial charge in [0.05, 0.1) is 16.1 Å². The van der Waals surface area contributed by atoms with Crippen LogP contribution in [0.25, 0.3) is 22.5 Å². The van der Waals surface area contributed by atoms with Crippen LogP contribution in [-0.4, -0.2) is 59.3 Å². The molecule has 2 atom stereocenters. The van der Waals surface area contributed by atoms with Crippen LogP contribution < -0.4 is 14.9 Å². The molecule has 2 aliphatic carbocycles. The van der Waals surface area contributed by atoms with Crippen LogP contribution in [0.15, 0.2) is 21.4 Å². The molecule has 0 radical (unpaired) electrons. The number of hydrogen-bond acceptors (Lipinski definition) is 9. The number of fused-ring (bicyclic) bond motifs is 1. The molecule has 3 fully saturated rings. The van der Waals surface area contributed by atoms with Gasteiger partial charge in [-0.1, -0.05) is 0 Å². The molecule has 2 N–H and O–H groups in total. The van der Waals surface area contributed by atoms with Crippen LogP contribution in [0.3, 0.4) is 0 Å². The number of nitrogens with zero attached hydrogens (tertiary/aromatic N) is 5. The number of piperazine rings is 1. The molecule has 35 heavy (non-hydrogen) atoms. The van der Waals surface area contributed by atoms with Crippen molar-refractivity contribution in [1.29, 1.82) is 0 Å². The third-order valence-corrected chi connectivity index (χ3v) is 8.64. The standard InChI is InChI=1S/C24H31N7O3S/c1-13-11-31(12-14(2)25-13)19-10-17(35(32,33)30-24(4)7-8-24)9-18-20(19)26-15(3)27-21(18)23-29-28-22(34-23)16-5-6-16/h9-10,13-14,16,25,30H,5-8,11-12H2,1-4H3/t13-,14-/m0/s1. The van der Waals surface area contributed by atoms with Gasteiger partial charge in [0.25, 0.3) is 5.89 Å². The summed E-state index contributed by atoms with van der Waals surface area (Å²) < 4.78 is 35.8. The smallest absolute Gasteiger partial charge is 0.267 e. The summed E-state index contributed by atoms with van der Waals surface area (Å²) in [6.07, 6.45) is 3.75. The normalized spacial score (nSPS) is 24.2. The van der Waals surface area contributed by atoms with E-state index in [4.69, 9.17) is 9.40 Å². The molecule has 3 aromatic rings. The highest BCUT2D eigenvalue weighted by molar-refractivity contribution is 7.89. The Morgan fingerprint density at radius 3 is 2.49 bits per heavy atom. The van der Waals surface area contributed by atoms with Crippen molar-refractivity contribution in [3.05, 3.63) is 23.8 Å². The van der Waals surface area contributed by atoms with Crippen LogP contribution in [0, 0.1) is 6.92 Å². The average molecular weight is 498 g/mol. The molecule has 1 aliphatic heterocycles. The monoisotopic (exact) mass is 497 g/mol. The molecule has 11 heteroatoms. The first-order valence-electron chi connectivity index (χ1n) is 12.3. The number of aryl methyl sites for hydroxylation is 1. The van der Waals surface area contributed by atoms with Gasteiger partial charge in [0, 0.05) is 42.0 Å². The van der Waals surface area contributed by atoms with E-state index in [1.807, 2.05) is 13.8 Å². The van der Waals surface area contributed by atoms with E-state index in [0.717, 1.165) is 44.5 Å². The average Bonchev–Trinajstić information content (AvgIpc) is 3.70. The number of aromatic nitrogens is 4. The van der Waals surface area contributed by atoms with E-state index in [9.17, 15) is 8.42 Å². The number of anilines is 1. The molecule has 0 unspecified atom stereocenters. The van der Waals surface area contributed by atoms with Crippen molar-refractivity contribution < 1.29 is 12.8 Å². The third-order valence-electron chi connectivity index (χ3n) is 7.02. The van der Waals surface area contributed by atoms with Gasteiger partial charge < -0.3 is 14.6 Å². The molecule has 2 saturated carbocycles. The summed E-state index contributed by atoms with van der Waals surface area (Å²) in [4.78, 5) is 11.8. The maximum Gasteiger partial charge on any atom is 0.267 e. The lowest BCUT2D eigenvalue weighted by Crippen LogP contribution is -2.54. The van der Waals surface area contributed by atoms with Crippen LogP contribution in [-0.2, 0) is 10.0 Å². The van der Waals surface area contributed by atoms with Gasteiger partial charge in [0.15, 0.2) is 0 Å². The van der Waals surface area contributed by atoms with E-state index in [2.05, 4.69) is 44.0 Å². The Balaban J connectivity index is 1.56. The van der Waals surface area contributed by atoms with Crippen LogP contribution in [0.1, 0.15) is 64.1 Å². The molecule has 0 amide bonds. The second kappa shape index (κ2) is 7.94. The summed E-state index contributed by atoms with van der Waals surface area (Å²) in [6, 6.07) is 3.90. The quantitative estimate of drug-likeness (QED) is 0.528. The molecule has 2 aromatic heterocycles. The van der Waals surface area contributed by atoms with Crippen molar-refractivity contribution in [3.8, 4) is 11.6 Å². The first-order chi connectivity index (χ1) is 16.6. The first-order valence-corrected chi connectivity index (χ1v) is 13.8. The van der Waals surface area contributed by atoms with Gasteiger partial charge in [0.1, 0.15) is 11.5 Å². The minimum Gasteiger partial charge on any atom is -0.419 e. The lowest BCUT2D eigenvalue weighted by Gasteiger charge is -2.38. The minimum atomic E-state index is -3.76. The molecular weight excluding hydrogens is 466 g/mol. The van der Waals surface area contributed by atoms with Crippen LogP contribution >= 0.6 is 0 Å². The molecule has 0 bridgehead atoms. The second-order valence-corrected chi connectivity index (χ2v) is 12.4. The Morgan fingerprint density at radius 2 is 1.83 bits per heavy atom. The van der Waals surface area contributed by atoms with Crippen LogP contribution in [0.2, 0.25) is 0 Å². The zero-order valence-corrected chi connectivity index (χ0v) is 21.3. The van der Waals surface area contributed by atoms with E-state index < -0.39 is 10.0 Å². The van der Waals surface area contributed by atoms with Crippen molar-refractivity contribution in [1.82, 2.24) is 30.2 Å². The van der Waals surface area contributed by atoms with Crippen molar-refractivity contribution >= 4 is 26.6 Å². The summed E-state index contributed by atoms with van der Waals surface area (Å²) in [7, 11) is -3.76. The fourth-order valence-electron chi connectivity index (χ4n) is 4.88. The second-order valence-electron chi connectivity index (χ2n) is 10.7. The molecule has 10 nitrogen and oxygen atoms in total. The Kier molecular flexibility index (Phi) is 5.17. The van der Waals surface area contributed by atoms with E-state index in [1.165, 1.54) is 0 Å². The van der Waals surface area contributed by atoms with Crippen molar-refractivity contribution in [3.63, 3.8) is 0 Å². The van der Waals surface area contributed by atoms with E-state index >= 15 is 0 Å². The summed E-state index contributed by atoms with van der Waals surface area (Å²) in [6.45, 7) is 9.49. The molecular formula is C24H31N7O3S. The lowest BCUT2D eigenvalue weighted by atomic mass is 10.1. The zero-order chi connectivity index (χ0) is 24.5. The SMILES string of the molecule is Cc1nc(-c2nnc(C3CC3)o2)c2cc(S(=O)(=O)NC3(C)CC3)cc(N3C[C@H](C)N[C@@H](C)C3)c2n1. The van der Waals surface area contributed by atoms with Crippen molar-refractivity contribution in [2.75, 3.05) is 18.0 Å². The highest BCUT2D eigenvalue weighted by Gasteiger charge is 2.41. The van der Waals surface area contributed by atoms with E-state index in [0.29, 0.717) is 40.1 Å². The van der Waals surface area contributed by atoms with E-state index in [-0.39, 0.29) is 22.5 Å². The van der Waals surface area contributed by atoms with Crippen molar-refractivity contribution in [2.45, 2.75) is 81.8 Å². The molecule has 1 saturated heterocycles. The van der Waals surface area contributed by atoms with Gasteiger partial charge in [0.2, 0.25) is 15.9 Å². The number of hydrogen-bond donors (Lipinski definition) is 2. The van der Waals surface area contributed by atoms with Gasteiger partial charge >= 0.3 is 0 Å². The summed E-state index contributed by atoms with van der Waals surface area (Å²) in [5, 5.41) is 12.6. The molecule has 3 heterocycles. The zero-order valence-electron chi connectivity index (χ0n) is 20.5. The summed E-state index contributed by atoms with van der Waals surface area (Å²) in [5.74, 6) is 1.79. The van der Waals surface area contributed by atoms with Gasteiger partial charge in [-0.25, -0.2) is 23.1 Å².